The second-order valence-corrected chi connectivity index (χ2v) is 3.33. The lowest BCUT2D eigenvalue weighted by Crippen LogP contribution is -2.13. The third-order valence-corrected chi connectivity index (χ3v) is 1.87. The summed E-state index contributed by atoms with van der Waals surface area (Å²) in [6.07, 6.45) is 5.31. The molecule has 0 spiro atoms. The zero-order chi connectivity index (χ0) is 10.6. The van der Waals surface area contributed by atoms with Gasteiger partial charge in [-0.05, 0) is 12.8 Å². The van der Waals surface area contributed by atoms with Crippen molar-refractivity contribution in [3.63, 3.8) is 0 Å². The number of carbonyl (C=O) groups excluding carboxylic acids is 1. The summed E-state index contributed by atoms with van der Waals surface area (Å²) < 4.78 is 10.1. The molecular weight excluding hydrogens is 180 g/mol. The van der Waals surface area contributed by atoms with Crippen molar-refractivity contribution in [3.05, 3.63) is 0 Å². The molecule has 0 aromatic rings. The zero-order valence-corrected chi connectivity index (χ0v) is 9.38. The molecule has 3 heteroatoms. The lowest BCUT2D eigenvalue weighted by molar-refractivity contribution is -0.149. The van der Waals surface area contributed by atoms with Gasteiger partial charge in [-0.3, -0.25) is 0 Å². The van der Waals surface area contributed by atoms with Gasteiger partial charge in [0.2, 0.25) is 0 Å². The highest BCUT2D eigenvalue weighted by atomic mass is 16.6. The van der Waals surface area contributed by atoms with Crippen LogP contribution in [0.4, 0.5) is 0 Å². The molecule has 0 N–H and O–H groups in total. The first-order chi connectivity index (χ1) is 6.81. The summed E-state index contributed by atoms with van der Waals surface area (Å²) in [4.78, 5) is 11.0. The average Bonchev–Trinajstić information content (AvgIpc) is 2.19. The fourth-order valence-corrected chi connectivity index (χ4v) is 0.982. The number of hydrogen-bond acceptors (Lipinski definition) is 3. The largest absolute Gasteiger partial charge is 0.464 e. The van der Waals surface area contributed by atoms with Crippen molar-refractivity contribution in [3.8, 4) is 0 Å². The van der Waals surface area contributed by atoms with Crippen molar-refractivity contribution in [1.29, 1.82) is 0 Å². The van der Waals surface area contributed by atoms with Gasteiger partial charge in [-0.25, -0.2) is 4.79 Å². The maximum Gasteiger partial charge on any atom is 0.332 e. The molecule has 0 rings (SSSR count). The van der Waals surface area contributed by atoms with Gasteiger partial charge in [0.05, 0.1) is 6.61 Å². The minimum Gasteiger partial charge on any atom is -0.464 e. The standard InChI is InChI=1S/C11H22O3/c1-3-5-7-9-14-11(12)10-13-8-6-4-2/h3-10H2,1-2H3. The normalized spacial score (nSPS) is 10.1. The molecule has 0 aromatic heterocycles. The van der Waals surface area contributed by atoms with Crippen LogP contribution in [0.5, 0.6) is 0 Å². The van der Waals surface area contributed by atoms with Crippen molar-refractivity contribution in [2.75, 3.05) is 19.8 Å². The van der Waals surface area contributed by atoms with E-state index in [1.807, 2.05) is 0 Å². The van der Waals surface area contributed by atoms with Gasteiger partial charge in [0.1, 0.15) is 6.61 Å². The molecule has 0 bridgehead atoms. The lowest BCUT2D eigenvalue weighted by Gasteiger charge is -2.04. The predicted octanol–water partition coefficient (Wildman–Crippen LogP) is 2.54. The molecule has 0 aliphatic rings. The number of esters is 1. The number of ether oxygens (including phenoxy) is 2. The van der Waals surface area contributed by atoms with Gasteiger partial charge >= 0.3 is 5.97 Å². The molecule has 0 atom stereocenters. The van der Waals surface area contributed by atoms with E-state index < -0.39 is 0 Å². The molecule has 0 saturated carbocycles. The molecule has 0 radical (unpaired) electrons. The molecule has 0 heterocycles. The summed E-state index contributed by atoms with van der Waals surface area (Å²) in [7, 11) is 0. The number of rotatable bonds is 9. The van der Waals surface area contributed by atoms with Crippen LogP contribution < -0.4 is 0 Å². The van der Waals surface area contributed by atoms with E-state index in [-0.39, 0.29) is 12.6 Å². The number of unbranched alkanes of at least 4 members (excludes halogenated alkanes) is 3. The van der Waals surface area contributed by atoms with Gasteiger partial charge in [-0.1, -0.05) is 33.1 Å². The molecule has 0 amide bonds. The van der Waals surface area contributed by atoms with E-state index in [4.69, 9.17) is 9.47 Å². The smallest absolute Gasteiger partial charge is 0.332 e. The second kappa shape index (κ2) is 10.5. The van der Waals surface area contributed by atoms with Crippen molar-refractivity contribution >= 4 is 5.97 Å². The van der Waals surface area contributed by atoms with Gasteiger partial charge in [0.25, 0.3) is 0 Å². The van der Waals surface area contributed by atoms with Crippen LogP contribution in [-0.2, 0) is 14.3 Å². The van der Waals surface area contributed by atoms with E-state index in [0.29, 0.717) is 13.2 Å². The molecule has 84 valence electrons. The fraction of sp³-hybridized carbons (Fsp3) is 0.909. The Bertz CT molecular complexity index is 120. The molecular formula is C11H22O3. The van der Waals surface area contributed by atoms with Crippen LogP contribution in [0.25, 0.3) is 0 Å². The van der Waals surface area contributed by atoms with Crippen LogP contribution in [0, 0.1) is 0 Å². The molecule has 0 aromatic carbocycles. The molecule has 0 aliphatic heterocycles. The summed E-state index contributed by atoms with van der Waals surface area (Å²) in [5.41, 5.74) is 0. The van der Waals surface area contributed by atoms with E-state index >= 15 is 0 Å². The summed E-state index contributed by atoms with van der Waals surface area (Å²) in [5.74, 6) is -0.239. The number of hydrogen-bond donors (Lipinski definition) is 0. The Kier molecular flexibility index (Phi) is 10.1. The molecule has 14 heavy (non-hydrogen) atoms. The lowest BCUT2D eigenvalue weighted by atomic mass is 10.3. The Balaban J connectivity index is 3.11. The Hall–Kier alpha value is -0.570. The maximum atomic E-state index is 11.0. The maximum absolute atomic E-state index is 11.0. The van der Waals surface area contributed by atoms with E-state index in [2.05, 4.69) is 13.8 Å². The molecule has 0 saturated heterocycles. The van der Waals surface area contributed by atoms with Crippen molar-refractivity contribution < 1.29 is 14.3 Å². The van der Waals surface area contributed by atoms with Gasteiger partial charge in [0, 0.05) is 6.61 Å². The third kappa shape index (κ3) is 9.52. The number of carbonyl (C=O) groups is 1. The Morgan fingerprint density at radius 2 is 1.71 bits per heavy atom. The van der Waals surface area contributed by atoms with Crippen LogP contribution in [-0.4, -0.2) is 25.8 Å². The quantitative estimate of drug-likeness (QED) is 0.426. The van der Waals surface area contributed by atoms with Crippen molar-refractivity contribution in [2.24, 2.45) is 0 Å². The molecule has 3 nitrogen and oxygen atoms in total. The van der Waals surface area contributed by atoms with Crippen LogP contribution in [0.15, 0.2) is 0 Å². The van der Waals surface area contributed by atoms with Crippen LogP contribution in [0.2, 0.25) is 0 Å². The van der Waals surface area contributed by atoms with E-state index in [1.54, 1.807) is 0 Å². The predicted molar refractivity (Wildman–Crippen MR) is 56.2 cm³/mol. The first kappa shape index (κ1) is 13.4. The summed E-state index contributed by atoms with van der Waals surface area (Å²) in [6.45, 7) is 5.50. The topological polar surface area (TPSA) is 35.5 Å². The van der Waals surface area contributed by atoms with E-state index in [0.717, 1.165) is 32.1 Å². The molecule has 0 aliphatic carbocycles. The monoisotopic (exact) mass is 202 g/mol. The first-order valence-corrected chi connectivity index (χ1v) is 5.54. The summed E-state index contributed by atoms with van der Waals surface area (Å²) in [5, 5.41) is 0. The van der Waals surface area contributed by atoms with Crippen LogP contribution >= 0.6 is 0 Å². The van der Waals surface area contributed by atoms with Crippen LogP contribution in [0.3, 0.4) is 0 Å². The van der Waals surface area contributed by atoms with E-state index in [1.165, 1.54) is 0 Å². The van der Waals surface area contributed by atoms with E-state index in [9.17, 15) is 4.79 Å². The SMILES string of the molecule is CCCCCOC(=O)COCCCC. The van der Waals surface area contributed by atoms with Gasteiger partial charge < -0.3 is 9.47 Å². The molecule has 0 fully saturated rings. The minimum absolute atomic E-state index is 0.103. The highest BCUT2D eigenvalue weighted by Gasteiger charge is 2.01. The Morgan fingerprint density at radius 1 is 1.00 bits per heavy atom. The van der Waals surface area contributed by atoms with Gasteiger partial charge in [-0.15, -0.1) is 0 Å². The van der Waals surface area contributed by atoms with Gasteiger partial charge in [-0.2, -0.15) is 0 Å². The van der Waals surface area contributed by atoms with Gasteiger partial charge in [0.15, 0.2) is 0 Å². The summed E-state index contributed by atoms with van der Waals surface area (Å²) >= 11 is 0. The third-order valence-electron chi connectivity index (χ3n) is 1.87. The highest BCUT2D eigenvalue weighted by Crippen LogP contribution is 1.95. The fourth-order valence-electron chi connectivity index (χ4n) is 0.982. The second-order valence-electron chi connectivity index (χ2n) is 3.33. The zero-order valence-electron chi connectivity index (χ0n) is 9.38. The molecule has 0 unspecified atom stereocenters. The Labute approximate surface area is 86.8 Å². The summed E-state index contributed by atoms with van der Waals surface area (Å²) in [6, 6.07) is 0. The Morgan fingerprint density at radius 3 is 2.36 bits per heavy atom. The minimum atomic E-state index is -0.239. The first-order valence-electron chi connectivity index (χ1n) is 5.54. The van der Waals surface area contributed by atoms with Crippen molar-refractivity contribution in [2.45, 2.75) is 46.0 Å². The van der Waals surface area contributed by atoms with Crippen molar-refractivity contribution in [1.82, 2.24) is 0 Å². The van der Waals surface area contributed by atoms with Crippen LogP contribution in [0.1, 0.15) is 46.0 Å². The highest BCUT2D eigenvalue weighted by molar-refractivity contribution is 5.70. The average molecular weight is 202 g/mol.